The fraction of sp³-hybridized carbons (Fsp3) is 0.133. The van der Waals surface area contributed by atoms with Gasteiger partial charge in [0.05, 0.1) is 6.04 Å². The predicted molar refractivity (Wildman–Crippen MR) is 68.6 cm³/mol. The van der Waals surface area contributed by atoms with E-state index in [1.54, 1.807) is 6.92 Å². The Labute approximate surface area is 114 Å². The van der Waals surface area contributed by atoms with Gasteiger partial charge in [-0.15, -0.1) is 0 Å². The third-order valence-corrected chi connectivity index (χ3v) is 2.86. The molecular formula is C15H12F3NO. The fourth-order valence-corrected chi connectivity index (χ4v) is 1.84. The number of rotatable bonds is 3. The van der Waals surface area contributed by atoms with Crippen molar-refractivity contribution in [2.24, 2.45) is 0 Å². The topological polar surface area (TPSA) is 29.1 Å². The van der Waals surface area contributed by atoms with Crippen molar-refractivity contribution in [1.29, 1.82) is 0 Å². The summed E-state index contributed by atoms with van der Waals surface area (Å²) in [5.41, 5.74) is 0.301. The van der Waals surface area contributed by atoms with E-state index in [1.165, 1.54) is 24.3 Å². The molecule has 0 aliphatic heterocycles. The van der Waals surface area contributed by atoms with Crippen LogP contribution in [0.2, 0.25) is 0 Å². The predicted octanol–water partition coefficient (Wildman–Crippen LogP) is 3.59. The zero-order valence-electron chi connectivity index (χ0n) is 10.7. The highest BCUT2D eigenvalue weighted by Gasteiger charge is 2.15. The van der Waals surface area contributed by atoms with Gasteiger partial charge in [-0.1, -0.05) is 12.1 Å². The summed E-state index contributed by atoms with van der Waals surface area (Å²) in [4.78, 5) is 11.9. The SMILES string of the molecule is CC(NC(=O)c1cccc(F)c1)c1ccc(F)cc1F. The molecule has 1 atom stereocenters. The number of hydrogen-bond donors (Lipinski definition) is 1. The Morgan fingerprint density at radius 3 is 2.40 bits per heavy atom. The highest BCUT2D eigenvalue weighted by molar-refractivity contribution is 5.94. The number of carbonyl (C=O) groups excluding carboxylic acids is 1. The molecule has 20 heavy (non-hydrogen) atoms. The largest absolute Gasteiger partial charge is 0.345 e. The Kier molecular flexibility index (Phi) is 4.08. The summed E-state index contributed by atoms with van der Waals surface area (Å²) in [6, 6.07) is 7.64. The van der Waals surface area contributed by atoms with Gasteiger partial charge >= 0.3 is 0 Å². The van der Waals surface area contributed by atoms with Crippen LogP contribution in [0.1, 0.15) is 28.9 Å². The number of carbonyl (C=O) groups is 1. The lowest BCUT2D eigenvalue weighted by Crippen LogP contribution is -2.27. The Bertz CT molecular complexity index is 643. The lowest BCUT2D eigenvalue weighted by atomic mass is 10.1. The quantitative estimate of drug-likeness (QED) is 0.914. The van der Waals surface area contributed by atoms with Gasteiger partial charge in [0.15, 0.2) is 0 Å². The number of benzene rings is 2. The van der Waals surface area contributed by atoms with E-state index in [2.05, 4.69) is 5.32 Å². The maximum Gasteiger partial charge on any atom is 0.251 e. The van der Waals surface area contributed by atoms with Crippen LogP contribution in [0.15, 0.2) is 42.5 Å². The summed E-state index contributed by atoms with van der Waals surface area (Å²) in [6.45, 7) is 1.56. The van der Waals surface area contributed by atoms with Crippen molar-refractivity contribution in [3.8, 4) is 0 Å². The van der Waals surface area contributed by atoms with Crippen LogP contribution in [-0.2, 0) is 0 Å². The Hall–Kier alpha value is -2.30. The van der Waals surface area contributed by atoms with Gasteiger partial charge in [-0.2, -0.15) is 0 Å². The van der Waals surface area contributed by atoms with E-state index in [1.807, 2.05) is 0 Å². The lowest BCUT2D eigenvalue weighted by Gasteiger charge is -2.15. The zero-order valence-corrected chi connectivity index (χ0v) is 10.7. The van der Waals surface area contributed by atoms with Gasteiger partial charge in [-0.3, -0.25) is 4.79 Å². The minimum Gasteiger partial charge on any atom is -0.345 e. The van der Waals surface area contributed by atoms with E-state index in [4.69, 9.17) is 0 Å². The van der Waals surface area contributed by atoms with Crippen LogP contribution >= 0.6 is 0 Å². The van der Waals surface area contributed by atoms with Crippen LogP contribution in [-0.4, -0.2) is 5.91 Å². The molecule has 1 amide bonds. The minimum atomic E-state index is -0.739. The molecule has 0 radical (unpaired) electrons. The van der Waals surface area contributed by atoms with Crippen molar-refractivity contribution < 1.29 is 18.0 Å². The van der Waals surface area contributed by atoms with Crippen molar-refractivity contribution in [2.45, 2.75) is 13.0 Å². The summed E-state index contributed by atoms with van der Waals surface area (Å²) in [5.74, 6) is -2.48. The summed E-state index contributed by atoms with van der Waals surface area (Å²) in [6.07, 6.45) is 0. The lowest BCUT2D eigenvalue weighted by molar-refractivity contribution is 0.0939. The Morgan fingerprint density at radius 2 is 1.75 bits per heavy atom. The van der Waals surface area contributed by atoms with Gasteiger partial charge < -0.3 is 5.32 Å². The standard InChI is InChI=1S/C15H12F3NO/c1-9(13-6-5-12(17)8-14(13)18)19-15(20)10-3-2-4-11(16)7-10/h2-9H,1H3,(H,19,20). The first-order valence-electron chi connectivity index (χ1n) is 5.99. The normalized spacial score (nSPS) is 12.0. The molecule has 1 unspecified atom stereocenters. The van der Waals surface area contributed by atoms with Gasteiger partial charge in [0, 0.05) is 17.2 Å². The zero-order chi connectivity index (χ0) is 14.7. The van der Waals surface area contributed by atoms with Crippen molar-refractivity contribution in [2.75, 3.05) is 0 Å². The maximum atomic E-state index is 13.6. The Morgan fingerprint density at radius 1 is 1.05 bits per heavy atom. The third kappa shape index (κ3) is 3.17. The first-order valence-corrected chi connectivity index (χ1v) is 5.99. The molecular weight excluding hydrogens is 267 g/mol. The van der Waals surface area contributed by atoms with E-state index >= 15 is 0 Å². The molecule has 0 bridgehead atoms. The van der Waals surface area contributed by atoms with E-state index < -0.39 is 29.4 Å². The third-order valence-electron chi connectivity index (χ3n) is 2.86. The van der Waals surface area contributed by atoms with Crippen LogP contribution < -0.4 is 5.32 Å². The highest BCUT2D eigenvalue weighted by Crippen LogP contribution is 2.18. The van der Waals surface area contributed by atoms with E-state index in [9.17, 15) is 18.0 Å². The fourth-order valence-electron chi connectivity index (χ4n) is 1.84. The number of amides is 1. The summed E-state index contributed by atoms with van der Waals surface area (Å²) in [7, 11) is 0. The summed E-state index contributed by atoms with van der Waals surface area (Å²) < 4.78 is 39.4. The van der Waals surface area contributed by atoms with Gasteiger partial charge in [0.1, 0.15) is 17.5 Å². The van der Waals surface area contributed by atoms with Crippen LogP contribution in [0.25, 0.3) is 0 Å². The van der Waals surface area contributed by atoms with E-state index in [0.717, 1.165) is 18.2 Å². The second-order valence-corrected chi connectivity index (χ2v) is 4.37. The van der Waals surface area contributed by atoms with Gasteiger partial charge in [0.25, 0.3) is 5.91 Å². The van der Waals surface area contributed by atoms with Crippen LogP contribution in [0, 0.1) is 17.5 Å². The van der Waals surface area contributed by atoms with Gasteiger partial charge in [0.2, 0.25) is 0 Å². The number of hydrogen-bond acceptors (Lipinski definition) is 1. The van der Waals surface area contributed by atoms with E-state index in [0.29, 0.717) is 0 Å². The molecule has 0 aliphatic carbocycles. The molecule has 0 saturated carbocycles. The molecule has 0 saturated heterocycles. The molecule has 104 valence electrons. The molecule has 0 aliphatic rings. The Balaban J connectivity index is 2.15. The maximum absolute atomic E-state index is 13.6. The molecule has 1 N–H and O–H groups in total. The second kappa shape index (κ2) is 5.77. The smallest absolute Gasteiger partial charge is 0.251 e. The molecule has 2 aromatic carbocycles. The minimum absolute atomic E-state index is 0.138. The number of nitrogens with one attached hydrogen (secondary N) is 1. The molecule has 5 heteroatoms. The van der Waals surface area contributed by atoms with Crippen LogP contribution in [0.5, 0.6) is 0 Å². The monoisotopic (exact) mass is 279 g/mol. The molecule has 2 rings (SSSR count). The van der Waals surface area contributed by atoms with E-state index in [-0.39, 0.29) is 11.1 Å². The van der Waals surface area contributed by atoms with Gasteiger partial charge in [-0.05, 0) is 31.2 Å². The first-order chi connectivity index (χ1) is 9.47. The molecule has 0 heterocycles. The number of halogens is 3. The molecule has 2 nitrogen and oxygen atoms in total. The molecule has 0 spiro atoms. The van der Waals surface area contributed by atoms with Gasteiger partial charge in [-0.25, -0.2) is 13.2 Å². The van der Waals surface area contributed by atoms with Crippen LogP contribution in [0.4, 0.5) is 13.2 Å². The summed E-state index contributed by atoms with van der Waals surface area (Å²) >= 11 is 0. The highest BCUT2D eigenvalue weighted by atomic mass is 19.1. The average molecular weight is 279 g/mol. The first kappa shape index (κ1) is 14.1. The molecule has 0 fully saturated rings. The molecule has 2 aromatic rings. The van der Waals surface area contributed by atoms with Crippen molar-refractivity contribution in [3.05, 3.63) is 71.0 Å². The van der Waals surface area contributed by atoms with Crippen molar-refractivity contribution in [3.63, 3.8) is 0 Å². The van der Waals surface area contributed by atoms with Crippen molar-refractivity contribution >= 4 is 5.91 Å². The van der Waals surface area contributed by atoms with Crippen LogP contribution in [0.3, 0.4) is 0 Å². The molecule has 0 aromatic heterocycles. The van der Waals surface area contributed by atoms with Crippen molar-refractivity contribution in [1.82, 2.24) is 5.32 Å². The second-order valence-electron chi connectivity index (χ2n) is 4.37. The average Bonchev–Trinajstić information content (AvgIpc) is 2.38. The summed E-state index contributed by atoms with van der Waals surface area (Å²) in [5, 5.41) is 2.53.